The Kier molecular flexibility index (Phi) is 5.09. The van der Waals surface area contributed by atoms with Crippen LogP contribution in [0.2, 0.25) is 0 Å². The average Bonchev–Trinajstić information content (AvgIpc) is 2.12. The van der Waals surface area contributed by atoms with E-state index in [9.17, 15) is 4.79 Å². The zero-order chi connectivity index (χ0) is 10.4. The van der Waals surface area contributed by atoms with Gasteiger partial charge in [0.15, 0.2) is 0 Å². The van der Waals surface area contributed by atoms with E-state index in [1.54, 1.807) is 18.7 Å². The van der Waals surface area contributed by atoms with Crippen LogP contribution in [0.4, 0.5) is 0 Å². The molecular weight excluding hydrogens is 166 g/mol. The van der Waals surface area contributed by atoms with Crippen LogP contribution in [0.25, 0.3) is 0 Å². The molecule has 0 saturated heterocycles. The van der Waals surface area contributed by atoms with Gasteiger partial charge < -0.3 is 10.6 Å². The molecule has 2 N–H and O–H groups in total. The highest BCUT2D eigenvalue weighted by Gasteiger charge is 2.17. The molecular formula is C9H17N3O. The van der Waals surface area contributed by atoms with E-state index in [-0.39, 0.29) is 11.8 Å². The number of nitrogens with two attached hydrogens (primary N) is 1. The van der Waals surface area contributed by atoms with E-state index in [0.29, 0.717) is 13.1 Å². The van der Waals surface area contributed by atoms with Gasteiger partial charge in [-0.1, -0.05) is 0 Å². The van der Waals surface area contributed by atoms with E-state index in [0.717, 1.165) is 0 Å². The van der Waals surface area contributed by atoms with Gasteiger partial charge in [0.05, 0.1) is 18.0 Å². The van der Waals surface area contributed by atoms with Gasteiger partial charge in [-0.3, -0.25) is 4.79 Å². The number of hydrogen-bond donors (Lipinski definition) is 1. The van der Waals surface area contributed by atoms with Gasteiger partial charge in [0.2, 0.25) is 5.91 Å². The fraction of sp³-hybridized carbons (Fsp3) is 0.778. The number of likely N-dealkylation sites (N-methyl/N-ethyl adjacent to an activating group) is 1. The minimum Gasteiger partial charge on any atom is -0.340 e. The van der Waals surface area contributed by atoms with E-state index in [1.807, 2.05) is 6.92 Å². The van der Waals surface area contributed by atoms with E-state index in [2.05, 4.69) is 6.07 Å². The molecule has 0 radical (unpaired) electrons. The van der Waals surface area contributed by atoms with Crippen molar-refractivity contribution >= 4 is 5.91 Å². The Morgan fingerprint density at radius 3 is 2.46 bits per heavy atom. The maximum Gasteiger partial charge on any atom is 0.239 e. The topological polar surface area (TPSA) is 70.1 Å². The monoisotopic (exact) mass is 183 g/mol. The average molecular weight is 183 g/mol. The molecule has 0 saturated carbocycles. The first-order valence-electron chi connectivity index (χ1n) is 4.46. The maximum absolute atomic E-state index is 11.4. The summed E-state index contributed by atoms with van der Waals surface area (Å²) in [4.78, 5) is 13.0. The third kappa shape index (κ3) is 3.90. The molecule has 4 heteroatoms. The van der Waals surface area contributed by atoms with Crippen LogP contribution < -0.4 is 5.73 Å². The highest BCUT2D eigenvalue weighted by molar-refractivity contribution is 5.81. The van der Waals surface area contributed by atoms with Gasteiger partial charge in [0, 0.05) is 13.1 Å². The van der Waals surface area contributed by atoms with Gasteiger partial charge in [-0.25, -0.2) is 0 Å². The Balaban J connectivity index is 4.20. The molecule has 0 bridgehead atoms. The number of carbonyl (C=O) groups excluding carboxylic acids is 1. The Hall–Kier alpha value is -1.08. The Morgan fingerprint density at radius 2 is 2.15 bits per heavy atom. The van der Waals surface area contributed by atoms with Crippen molar-refractivity contribution in [3.8, 4) is 6.07 Å². The standard InChI is InChI=1S/C9H17N3O/c1-4-12(6-7(2)5-10)9(13)8(3)11/h7-8H,4,6,11H2,1-3H3/t7?,8-/m1/s1. The largest absolute Gasteiger partial charge is 0.340 e. The molecule has 0 aromatic heterocycles. The van der Waals surface area contributed by atoms with Crippen LogP contribution in [0.5, 0.6) is 0 Å². The molecule has 0 aliphatic heterocycles. The zero-order valence-electron chi connectivity index (χ0n) is 8.45. The van der Waals surface area contributed by atoms with Crippen LogP contribution in [0.15, 0.2) is 0 Å². The second kappa shape index (κ2) is 5.55. The minimum atomic E-state index is -0.481. The van der Waals surface area contributed by atoms with Crippen LogP contribution in [-0.2, 0) is 4.79 Å². The van der Waals surface area contributed by atoms with Gasteiger partial charge in [-0.2, -0.15) is 5.26 Å². The summed E-state index contributed by atoms with van der Waals surface area (Å²) in [6.45, 7) is 6.39. The van der Waals surface area contributed by atoms with E-state index in [4.69, 9.17) is 11.0 Å². The van der Waals surface area contributed by atoms with Crippen molar-refractivity contribution in [3.63, 3.8) is 0 Å². The minimum absolute atomic E-state index is 0.0930. The number of nitriles is 1. The van der Waals surface area contributed by atoms with Crippen molar-refractivity contribution in [2.75, 3.05) is 13.1 Å². The lowest BCUT2D eigenvalue weighted by molar-refractivity contribution is -0.132. The van der Waals surface area contributed by atoms with Crippen LogP contribution in [0.3, 0.4) is 0 Å². The quantitative estimate of drug-likeness (QED) is 0.683. The Labute approximate surface area is 79.3 Å². The molecule has 0 spiro atoms. The molecule has 0 heterocycles. The fourth-order valence-corrected chi connectivity index (χ4v) is 1.03. The van der Waals surface area contributed by atoms with Gasteiger partial charge in [0.1, 0.15) is 0 Å². The Bertz CT molecular complexity index is 207. The first kappa shape index (κ1) is 11.9. The van der Waals surface area contributed by atoms with Crippen molar-refractivity contribution in [2.45, 2.75) is 26.8 Å². The summed E-state index contributed by atoms with van der Waals surface area (Å²) in [7, 11) is 0. The first-order valence-corrected chi connectivity index (χ1v) is 4.46. The van der Waals surface area contributed by atoms with Crippen LogP contribution in [0.1, 0.15) is 20.8 Å². The molecule has 0 fully saturated rings. The molecule has 0 aliphatic rings. The first-order chi connectivity index (χ1) is 6.02. The molecule has 1 unspecified atom stereocenters. The van der Waals surface area contributed by atoms with Crippen LogP contribution >= 0.6 is 0 Å². The van der Waals surface area contributed by atoms with Gasteiger partial charge >= 0.3 is 0 Å². The fourth-order valence-electron chi connectivity index (χ4n) is 1.03. The maximum atomic E-state index is 11.4. The number of rotatable bonds is 4. The third-order valence-corrected chi connectivity index (χ3v) is 1.80. The van der Waals surface area contributed by atoms with E-state index in [1.165, 1.54) is 0 Å². The molecule has 0 aromatic rings. The molecule has 0 aliphatic carbocycles. The highest BCUT2D eigenvalue weighted by atomic mass is 16.2. The summed E-state index contributed by atoms with van der Waals surface area (Å²) < 4.78 is 0. The second-order valence-corrected chi connectivity index (χ2v) is 3.20. The third-order valence-electron chi connectivity index (χ3n) is 1.80. The summed E-state index contributed by atoms with van der Waals surface area (Å²) in [6, 6.07) is 1.61. The molecule has 4 nitrogen and oxygen atoms in total. The van der Waals surface area contributed by atoms with E-state index >= 15 is 0 Å². The van der Waals surface area contributed by atoms with Gasteiger partial charge in [-0.15, -0.1) is 0 Å². The van der Waals surface area contributed by atoms with Crippen LogP contribution in [0, 0.1) is 17.2 Å². The van der Waals surface area contributed by atoms with Crippen molar-refractivity contribution in [3.05, 3.63) is 0 Å². The number of hydrogen-bond acceptors (Lipinski definition) is 3. The van der Waals surface area contributed by atoms with Crippen molar-refractivity contribution in [1.29, 1.82) is 5.26 Å². The lowest BCUT2D eigenvalue weighted by Gasteiger charge is -2.23. The lowest BCUT2D eigenvalue weighted by atomic mass is 10.2. The van der Waals surface area contributed by atoms with Gasteiger partial charge in [0.25, 0.3) is 0 Å². The molecule has 13 heavy (non-hydrogen) atoms. The predicted molar refractivity (Wildman–Crippen MR) is 50.7 cm³/mol. The molecule has 74 valence electrons. The lowest BCUT2D eigenvalue weighted by Crippen LogP contribution is -2.43. The smallest absolute Gasteiger partial charge is 0.239 e. The summed E-state index contributed by atoms with van der Waals surface area (Å²) in [5, 5.41) is 8.58. The van der Waals surface area contributed by atoms with Gasteiger partial charge in [-0.05, 0) is 20.8 Å². The van der Waals surface area contributed by atoms with Crippen LogP contribution in [-0.4, -0.2) is 29.9 Å². The Morgan fingerprint density at radius 1 is 1.62 bits per heavy atom. The zero-order valence-corrected chi connectivity index (χ0v) is 8.45. The molecule has 0 rings (SSSR count). The number of amides is 1. The highest BCUT2D eigenvalue weighted by Crippen LogP contribution is 2.00. The number of nitrogens with zero attached hydrogens (tertiary/aromatic N) is 2. The summed E-state index contributed by atoms with van der Waals surface area (Å²) in [5.41, 5.74) is 5.46. The molecule has 1 amide bonds. The summed E-state index contributed by atoms with van der Waals surface area (Å²) >= 11 is 0. The second-order valence-electron chi connectivity index (χ2n) is 3.20. The summed E-state index contributed by atoms with van der Waals surface area (Å²) in [5.74, 6) is -0.229. The van der Waals surface area contributed by atoms with Crippen molar-refractivity contribution in [1.82, 2.24) is 4.90 Å². The molecule has 2 atom stereocenters. The van der Waals surface area contributed by atoms with Crippen molar-refractivity contribution in [2.24, 2.45) is 11.7 Å². The molecule has 0 aromatic carbocycles. The number of carbonyl (C=O) groups is 1. The SMILES string of the molecule is CCN(CC(C)C#N)C(=O)[C@@H](C)N. The predicted octanol–water partition coefficient (Wildman–Crippen LogP) is 0.342. The normalized spacial score (nSPS) is 14.4. The van der Waals surface area contributed by atoms with E-state index < -0.39 is 6.04 Å². The summed E-state index contributed by atoms with van der Waals surface area (Å²) in [6.07, 6.45) is 0. The van der Waals surface area contributed by atoms with Crippen molar-refractivity contribution < 1.29 is 4.79 Å².